The molecule has 1 amide bonds. The molecule has 1 aromatic heterocycles. The highest BCUT2D eigenvalue weighted by molar-refractivity contribution is 5.93. The van der Waals surface area contributed by atoms with Gasteiger partial charge in [-0.1, -0.05) is 19.8 Å². The molecule has 3 rings (SSSR count). The van der Waals surface area contributed by atoms with E-state index in [1.54, 1.807) is 0 Å². The molecule has 36 heavy (non-hydrogen) atoms. The summed E-state index contributed by atoms with van der Waals surface area (Å²) in [7, 11) is 3.82. The fourth-order valence-corrected chi connectivity index (χ4v) is 4.04. The van der Waals surface area contributed by atoms with E-state index in [0.717, 1.165) is 37.9 Å². The molecular formula is C27H32F3N3O3. The number of amides is 1. The summed E-state index contributed by atoms with van der Waals surface area (Å²) in [5.41, 5.74) is -0.885. The van der Waals surface area contributed by atoms with Crippen molar-refractivity contribution in [1.82, 2.24) is 4.90 Å². The van der Waals surface area contributed by atoms with Crippen LogP contribution in [0.15, 0.2) is 39.5 Å². The van der Waals surface area contributed by atoms with Crippen molar-refractivity contribution in [2.24, 2.45) is 0 Å². The monoisotopic (exact) mass is 503 g/mol. The Morgan fingerprint density at radius 2 is 1.72 bits per heavy atom. The third kappa shape index (κ3) is 6.26. The van der Waals surface area contributed by atoms with Crippen molar-refractivity contribution in [2.45, 2.75) is 39.5 Å². The van der Waals surface area contributed by atoms with E-state index in [1.807, 2.05) is 25.9 Å². The maximum Gasteiger partial charge on any atom is 0.223 e. The first-order valence-corrected chi connectivity index (χ1v) is 12.1. The van der Waals surface area contributed by atoms with Crippen LogP contribution in [0.5, 0.6) is 0 Å². The van der Waals surface area contributed by atoms with Crippen LogP contribution in [0.1, 0.15) is 39.5 Å². The van der Waals surface area contributed by atoms with E-state index >= 15 is 4.39 Å². The Kier molecular flexibility index (Phi) is 9.14. The molecule has 6 nitrogen and oxygen atoms in total. The molecule has 1 N–H and O–H groups in total. The van der Waals surface area contributed by atoms with E-state index < -0.39 is 28.5 Å². The van der Waals surface area contributed by atoms with Gasteiger partial charge in [0.2, 0.25) is 5.91 Å². The van der Waals surface area contributed by atoms with E-state index in [-0.39, 0.29) is 34.0 Å². The van der Waals surface area contributed by atoms with E-state index in [2.05, 4.69) is 5.32 Å². The summed E-state index contributed by atoms with van der Waals surface area (Å²) in [6, 6.07) is 5.81. The Balaban J connectivity index is 1.98. The summed E-state index contributed by atoms with van der Waals surface area (Å²) >= 11 is 0. The summed E-state index contributed by atoms with van der Waals surface area (Å²) < 4.78 is 49.9. The predicted octanol–water partition coefficient (Wildman–Crippen LogP) is 5.78. The summed E-state index contributed by atoms with van der Waals surface area (Å²) in [5.74, 6) is -2.97. The van der Waals surface area contributed by atoms with Crippen LogP contribution in [0, 0.1) is 17.5 Å². The molecule has 3 aromatic rings. The second-order valence-corrected chi connectivity index (χ2v) is 9.02. The molecular weight excluding hydrogens is 471 g/mol. The number of benzene rings is 2. The number of anilines is 2. The smallest absolute Gasteiger partial charge is 0.223 e. The first-order valence-electron chi connectivity index (χ1n) is 12.1. The minimum Gasteiger partial charge on any atom is -0.453 e. The molecule has 0 saturated heterocycles. The maximum absolute atomic E-state index is 15.1. The Hall–Kier alpha value is -3.33. The van der Waals surface area contributed by atoms with Gasteiger partial charge >= 0.3 is 0 Å². The fourth-order valence-electron chi connectivity index (χ4n) is 4.04. The zero-order valence-corrected chi connectivity index (χ0v) is 21.1. The second kappa shape index (κ2) is 12.1. The van der Waals surface area contributed by atoms with Crippen molar-refractivity contribution in [3.8, 4) is 11.3 Å². The molecule has 1 heterocycles. The van der Waals surface area contributed by atoms with Crippen molar-refractivity contribution in [2.75, 3.05) is 43.9 Å². The summed E-state index contributed by atoms with van der Waals surface area (Å²) in [6.07, 6.45) is 3.30. The normalized spacial score (nSPS) is 11.3. The number of rotatable bonds is 11. The molecule has 0 aliphatic rings. The lowest BCUT2D eigenvalue weighted by atomic mass is 10.1. The minimum atomic E-state index is -1.03. The van der Waals surface area contributed by atoms with Crippen LogP contribution in [0.3, 0.4) is 0 Å². The molecule has 0 spiro atoms. The van der Waals surface area contributed by atoms with Crippen LogP contribution in [0.4, 0.5) is 24.5 Å². The molecule has 0 unspecified atom stereocenters. The number of fused-ring (bicyclic) bond motifs is 1. The molecule has 2 aromatic carbocycles. The van der Waals surface area contributed by atoms with E-state index in [0.29, 0.717) is 25.6 Å². The van der Waals surface area contributed by atoms with Gasteiger partial charge < -0.3 is 19.5 Å². The Labute approximate surface area is 208 Å². The average Bonchev–Trinajstić information content (AvgIpc) is 2.81. The maximum atomic E-state index is 15.1. The average molecular weight is 504 g/mol. The van der Waals surface area contributed by atoms with Crippen molar-refractivity contribution in [3.05, 3.63) is 58.0 Å². The van der Waals surface area contributed by atoms with Gasteiger partial charge in [-0.25, -0.2) is 13.2 Å². The number of halogens is 3. The van der Waals surface area contributed by atoms with Gasteiger partial charge in [-0.15, -0.1) is 0 Å². The van der Waals surface area contributed by atoms with Crippen molar-refractivity contribution >= 4 is 28.3 Å². The summed E-state index contributed by atoms with van der Waals surface area (Å²) in [4.78, 5) is 28.4. The van der Waals surface area contributed by atoms with E-state index in [1.165, 1.54) is 24.0 Å². The van der Waals surface area contributed by atoms with Crippen LogP contribution >= 0.6 is 0 Å². The van der Waals surface area contributed by atoms with Crippen LogP contribution in [-0.4, -0.2) is 44.5 Å². The number of unbranched alkanes of at least 4 members (excludes halogenated alkanes) is 2. The zero-order valence-electron chi connectivity index (χ0n) is 21.1. The fraction of sp³-hybridized carbons (Fsp3) is 0.407. The molecule has 0 bridgehead atoms. The highest BCUT2D eigenvalue weighted by Crippen LogP contribution is 2.32. The van der Waals surface area contributed by atoms with Gasteiger partial charge in [0.15, 0.2) is 16.8 Å². The predicted molar refractivity (Wildman–Crippen MR) is 137 cm³/mol. The highest BCUT2D eigenvalue weighted by atomic mass is 19.1. The van der Waals surface area contributed by atoms with Crippen molar-refractivity contribution in [3.63, 3.8) is 0 Å². The first kappa shape index (κ1) is 27.3. The molecule has 0 aliphatic heterocycles. The number of carbonyl (C=O) groups is 1. The SMILES string of the molecule is CCCCCNc1c(F)cc(F)c2oc(-c3ccc(N(CCCN(C)C)C(C)=O)c(F)c3)cc(=O)c12. The van der Waals surface area contributed by atoms with E-state index in [9.17, 15) is 18.4 Å². The van der Waals surface area contributed by atoms with Crippen molar-refractivity contribution < 1.29 is 22.4 Å². The van der Waals surface area contributed by atoms with Gasteiger partial charge in [0.25, 0.3) is 0 Å². The number of carbonyl (C=O) groups excluding carboxylic acids is 1. The molecule has 0 atom stereocenters. The van der Waals surface area contributed by atoms with E-state index in [4.69, 9.17) is 4.42 Å². The lowest BCUT2D eigenvalue weighted by Gasteiger charge is -2.23. The Morgan fingerprint density at radius 1 is 0.972 bits per heavy atom. The quantitative estimate of drug-likeness (QED) is 0.336. The van der Waals surface area contributed by atoms with Crippen LogP contribution in [0.25, 0.3) is 22.3 Å². The van der Waals surface area contributed by atoms with Gasteiger partial charge in [0.1, 0.15) is 17.4 Å². The third-order valence-electron chi connectivity index (χ3n) is 5.88. The number of nitrogens with zero attached hydrogens (tertiary/aromatic N) is 2. The minimum absolute atomic E-state index is 0.0672. The Morgan fingerprint density at radius 3 is 2.36 bits per heavy atom. The van der Waals surface area contributed by atoms with Gasteiger partial charge in [-0.2, -0.15) is 0 Å². The van der Waals surface area contributed by atoms with Crippen LogP contribution < -0.4 is 15.6 Å². The molecule has 0 saturated carbocycles. The standard InChI is InChI=1S/C27H32F3N3O3/c1-5-6-7-11-31-26-20(29)15-21(30)27-25(26)23(35)16-24(36-27)18-9-10-22(19(28)14-18)33(17(2)34)13-8-12-32(3)4/h9-10,14-16,31H,5-8,11-13H2,1-4H3. The number of hydrogen-bond donors (Lipinski definition) is 1. The molecule has 9 heteroatoms. The number of nitrogens with one attached hydrogen (secondary N) is 1. The van der Waals surface area contributed by atoms with Gasteiger partial charge in [0, 0.05) is 37.7 Å². The Bertz CT molecular complexity index is 1290. The topological polar surface area (TPSA) is 65.8 Å². The molecule has 0 radical (unpaired) electrons. The molecule has 0 aliphatic carbocycles. The lowest BCUT2D eigenvalue weighted by Crippen LogP contribution is -2.32. The van der Waals surface area contributed by atoms with Crippen LogP contribution in [0.2, 0.25) is 0 Å². The molecule has 0 fully saturated rings. The van der Waals surface area contributed by atoms with Crippen LogP contribution in [-0.2, 0) is 4.79 Å². The first-order chi connectivity index (χ1) is 17.1. The highest BCUT2D eigenvalue weighted by Gasteiger charge is 2.21. The summed E-state index contributed by atoms with van der Waals surface area (Å²) in [5, 5.41) is 2.65. The lowest BCUT2D eigenvalue weighted by molar-refractivity contribution is -0.116. The van der Waals surface area contributed by atoms with Gasteiger partial charge in [-0.05, 0) is 51.7 Å². The number of hydrogen-bond acceptors (Lipinski definition) is 5. The zero-order chi connectivity index (χ0) is 26.4. The van der Waals surface area contributed by atoms with Crippen molar-refractivity contribution in [1.29, 1.82) is 0 Å². The largest absolute Gasteiger partial charge is 0.453 e. The molecule has 194 valence electrons. The summed E-state index contributed by atoms with van der Waals surface area (Å²) in [6.45, 7) is 4.87. The second-order valence-electron chi connectivity index (χ2n) is 9.02. The third-order valence-corrected chi connectivity index (χ3v) is 5.88. The van der Waals surface area contributed by atoms with Gasteiger partial charge in [0.05, 0.1) is 16.8 Å². The van der Waals surface area contributed by atoms with Gasteiger partial charge in [-0.3, -0.25) is 9.59 Å².